The zero-order valence-electron chi connectivity index (χ0n) is 9.97. The quantitative estimate of drug-likeness (QED) is 0.733. The molecule has 0 aliphatic carbocycles. The van der Waals surface area contributed by atoms with Crippen molar-refractivity contribution in [2.45, 2.75) is 0 Å². The number of morpholine rings is 1. The average molecular weight is 343 g/mol. The molecule has 0 saturated carbocycles. The molecule has 7 heteroatoms. The molecule has 0 spiro atoms. The molecule has 100 valence electrons. The summed E-state index contributed by atoms with van der Waals surface area (Å²) in [6, 6.07) is 3.60. The minimum Gasteiger partial charge on any atom is -0.450 e. The molecule has 5 nitrogen and oxygen atoms in total. The fraction of sp³-hybridized carbons (Fsp3) is 0.333. The standard InChI is InChI=1S/C12H11BrN2O3S/c13-10-2-1-8(18-10)7-9-11(16)14-12(19-9)15-3-5-17-6-4-15/h1-2,7H,3-6H2. The lowest BCUT2D eigenvalue weighted by Gasteiger charge is -2.27. The van der Waals surface area contributed by atoms with Crippen LogP contribution in [0.3, 0.4) is 0 Å². The third kappa shape index (κ3) is 2.93. The van der Waals surface area contributed by atoms with Gasteiger partial charge in [-0.1, -0.05) is 0 Å². The molecule has 0 N–H and O–H groups in total. The van der Waals surface area contributed by atoms with Crippen LogP contribution >= 0.6 is 27.7 Å². The number of hydrogen-bond acceptors (Lipinski definition) is 5. The van der Waals surface area contributed by atoms with E-state index in [-0.39, 0.29) is 5.91 Å². The fourth-order valence-electron chi connectivity index (χ4n) is 1.82. The molecule has 1 fully saturated rings. The first-order chi connectivity index (χ1) is 9.22. The second-order valence-corrected chi connectivity index (χ2v) is 5.84. The van der Waals surface area contributed by atoms with Crippen molar-refractivity contribution in [2.75, 3.05) is 26.3 Å². The summed E-state index contributed by atoms with van der Waals surface area (Å²) in [5, 5.41) is 0.755. The van der Waals surface area contributed by atoms with Gasteiger partial charge in [0.1, 0.15) is 5.76 Å². The van der Waals surface area contributed by atoms with Crippen LogP contribution in [0, 0.1) is 0 Å². The van der Waals surface area contributed by atoms with Crippen molar-refractivity contribution in [3.8, 4) is 0 Å². The van der Waals surface area contributed by atoms with Gasteiger partial charge in [0.25, 0.3) is 5.91 Å². The normalized spacial score (nSPS) is 22.2. The van der Waals surface area contributed by atoms with E-state index >= 15 is 0 Å². The minimum atomic E-state index is -0.209. The number of ether oxygens (including phenoxy) is 1. The van der Waals surface area contributed by atoms with Crippen molar-refractivity contribution in [3.05, 3.63) is 27.5 Å². The highest BCUT2D eigenvalue weighted by molar-refractivity contribution is 9.10. The van der Waals surface area contributed by atoms with Crippen LogP contribution in [0.2, 0.25) is 0 Å². The molecule has 1 amide bonds. The third-order valence-electron chi connectivity index (χ3n) is 2.76. The fourth-order valence-corrected chi connectivity index (χ4v) is 3.09. The molecule has 0 unspecified atom stereocenters. The Morgan fingerprint density at radius 3 is 2.84 bits per heavy atom. The molecule has 1 aromatic heterocycles. The highest BCUT2D eigenvalue weighted by atomic mass is 79.9. The summed E-state index contributed by atoms with van der Waals surface area (Å²) in [5.74, 6) is 0.431. The first kappa shape index (κ1) is 13.0. The topological polar surface area (TPSA) is 55.0 Å². The smallest absolute Gasteiger partial charge is 0.286 e. The first-order valence-corrected chi connectivity index (χ1v) is 7.44. The van der Waals surface area contributed by atoms with E-state index < -0.39 is 0 Å². The summed E-state index contributed by atoms with van der Waals surface area (Å²) in [4.78, 5) is 18.6. The number of furan rings is 1. The van der Waals surface area contributed by atoms with Crippen LogP contribution < -0.4 is 0 Å². The Bertz CT molecular complexity index is 561. The van der Waals surface area contributed by atoms with E-state index in [9.17, 15) is 4.79 Å². The number of carbonyl (C=O) groups excluding carboxylic acids is 1. The number of rotatable bonds is 1. The molecule has 1 saturated heterocycles. The van der Waals surface area contributed by atoms with Gasteiger partial charge in [0.2, 0.25) is 0 Å². The summed E-state index contributed by atoms with van der Waals surface area (Å²) in [5.41, 5.74) is 0. The van der Waals surface area contributed by atoms with Crippen molar-refractivity contribution in [2.24, 2.45) is 4.99 Å². The Morgan fingerprint density at radius 1 is 1.37 bits per heavy atom. The van der Waals surface area contributed by atoms with E-state index in [2.05, 4.69) is 25.8 Å². The van der Waals surface area contributed by atoms with Crippen LogP contribution in [0.5, 0.6) is 0 Å². The minimum absolute atomic E-state index is 0.209. The van der Waals surface area contributed by atoms with Crippen molar-refractivity contribution >= 4 is 44.8 Å². The van der Waals surface area contributed by atoms with Crippen LogP contribution in [0.25, 0.3) is 6.08 Å². The second-order valence-electron chi connectivity index (χ2n) is 4.05. The van der Waals surface area contributed by atoms with E-state index in [0.29, 0.717) is 28.5 Å². The number of carbonyl (C=O) groups is 1. The zero-order valence-corrected chi connectivity index (χ0v) is 12.4. The van der Waals surface area contributed by atoms with Gasteiger partial charge in [0.05, 0.1) is 18.1 Å². The molecular formula is C12H11BrN2O3S. The van der Waals surface area contributed by atoms with Crippen LogP contribution in [0.15, 0.2) is 31.1 Å². The highest BCUT2D eigenvalue weighted by Gasteiger charge is 2.27. The summed E-state index contributed by atoms with van der Waals surface area (Å²) in [6.45, 7) is 2.91. The van der Waals surface area contributed by atoms with E-state index in [1.54, 1.807) is 18.2 Å². The van der Waals surface area contributed by atoms with Gasteiger partial charge in [0.15, 0.2) is 9.84 Å². The summed E-state index contributed by atoms with van der Waals surface area (Å²) in [7, 11) is 0. The van der Waals surface area contributed by atoms with Crippen LogP contribution in [0.4, 0.5) is 0 Å². The zero-order chi connectivity index (χ0) is 13.2. The summed E-state index contributed by atoms with van der Waals surface area (Å²) < 4.78 is 11.3. The first-order valence-electron chi connectivity index (χ1n) is 5.83. The van der Waals surface area contributed by atoms with E-state index in [0.717, 1.165) is 18.3 Å². The van der Waals surface area contributed by atoms with Gasteiger partial charge in [-0.3, -0.25) is 4.79 Å². The number of thioether (sulfide) groups is 1. The lowest BCUT2D eigenvalue weighted by atomic mass is 10.4. The molecule has 3 rings (SSSR count). The lowest BCUT2D eigenvalue weighted by Crippen LogP contribution is -2.38. The van der Waals surface area contributed by atoms with Gasteiger partial charge in [-0.25, -0.2) is 0 Å². The van der Waals surface area contributed by atoms with Gasteiger partial charge in [0, 0.05) is 19.2 Å². The number of halogens is 1. The Hall–Kier alpha value is -1.05. The predicted octanol–water partition coefficient (Wildman–Crippen LogP) is 2.34. The largest absolute Gasteiger partial charge is 0.450 e. The van der Waals surface area contributed by atoms with Gasteiger partial charge in [-0.2, -0.15) is 4.99 Å². The monoisotopic (exact) mass is 342 g/mol. The Balaban J connectivity index is 1.74. The van der Waals surface area contributed by atoms with E-state index in [1.165, 1.54) is 11.8 Å². The molecule has 1 aromatic rings. The van der Waals surface area contributed by atoms with Crippen molar-refractivity contribution in [1.29, 1.82) is 0 Å². The number of amides is 1. The number of hydrogen-bond donors (Lipinski definition) is 0. The molecular weight excluding hydrogens is 332 g/mol. The lowest BCUT2D eigenvalue weighted by molar-refractivity contribution is -0.113. The molecule has 2 aliphatic heterocycles. The predicted molar refractivity (Wildman–Crippen MR) is 76.8 cm³/mol. The maximum Gasteiger partial charge on any atom is 0.286 e. The molecule has 0 atom stereocenters. The molecule has 0 aromatic carbocycles. The second kappa shape index (κ2) is 5.52. The van der Waals surface area contributed by atoms with Crippen LogP contribution in [0.1, 0.15) is 5.76 Å². The average Bonchev–Trinajstić information content (AvgIpc) is 2.98. The Kier molecular flexibility index (Phi) is 3.76. The van der Waals surface area contributed by atoms with Crippen LogP contribution in [-0.4, -0.2) is 42.3 Å². The third-order valence-corrected chi connectivity index (χ3v) is 4.23. The van der Waals surface area contributed by atoms with Crippen molar-refractivity contribution < 1.29 is 13.9 Å². The molecule has 3 heterocycles. The number of nitrogens with zero attached hydrogens (tertiary/aromatic N) is 2. The van der Waals surface area contributed by atoms with E-state index in [1.807, 2.05) is 0 Å². The highest BCUT2D eigenvalue weighted by Crippen LogP contribution is 2.31. The molecule has 0 bridgehead atoms. The molecule has 0 radical (unpaired) electrons. The molecule has 19 heavy (non-hydrogen) atoms. The van der Waals surface area contributed by atoms with Gasteiger partial charge >= 0.3 is 0 Å². The Labute approximate surface area is 122 Å². The van der Waals surface area contributed by atoms with Crippen molar-refractivity contribution in [1.82, 2.24) is 4.90 Å². The maximum atomic E-state index is 11.9. The number of aliphatic imine (C=N–C) groups is 1. The number of amidine groups is 1. The molecule has 2 aliphatic rings. The maximum absolute atomic E-state index is 11.9. The Morgan fingerprint density at radius 2 is 2.16 bits per heavy atom. The van der Waals surface area contributed by atoms with Gasteiger partial charge in [-0.05, 0) is 39.8 Å². The van der Waals surface area contributed by atoms with Gasteiger partial charge < -0.3 is 14.1 Å². The van der Waals surface area contributed by atoms with Crippen LogP contribution in [-0.2, 0) is 9.53 Å². The summed E-state index contributed by atoms with van der Waals surface area (Å²) >= 11 is 4.62. The van der Waals surface area contributed by atoms with Gasteiger partial charge in [-0.15, -0.1) is 0 Å². The summed E-state index contributed by atoms with van der Waals surface area (Å²) in [6.07, 6.45) is 1.72. The van der Waals surface area contributed by atoms with Crippen molar-refractivity contribution in [3.63, 3.8) is 0 Å². The van der Waals surface area contributed by atoms with E-state index in [4.69, 9.17) is 9.15 Å². The SMILES string of the molecule is O=C1N=C(N2CCOCC2)SC1=Cc1ccc(Br)o1.